The first kappa shape index (κ1) is 21.0. The Kier molecular flexibility index (Phi) is 5.52. The van der Waals surface area contributed by atoms with Crippen molar-refractivity contribution in [1.29, 1.82) is 0 Å². The number of imidazole rings is 1. The van der Waals surface area contributed by atoms with Crippen molar-refractivity contribution in [3.8, 4) is 11.4 Å². The number of nitrogens with zero attached hydrogens (tertiary/aromatic N) is 2. The molecule has 29 heavy (non-hydrogen) atoms. The molecule has 0 saturated heterocycles. The highest BCUT2D eigenvalue weighted by atomic mass is 35.5. The van der Waals surface area contributed by atoms with Gasteiger partial charge >= 0.3 is 0 Å². The van der Waals surface area contributed by atoms with Gasteiger partial charge in [-0.2, -0.15) is 0 Å². The number of sulfonamides is 1. The van der Waals surface area contributed by atoms with E-state index in [1.165, 1.54) is 35.0 Å². The Morgan fingerprint density at radius 2 is 1.59 bits per heavy atom. The monoisotopic (exact) mass is 453 g/mol. The van der Waals surface area contributed by atoms with Gasteiger partial charge in [0.15, 0.2) is 9.84 Å². The molecule has 1 heterocycles. The highest BCUT2D eigenvalue weighted by Crippen LogP contribution is 2.26. The van der Waals surface area contributed by atoms with E-state index in [1.54, 1.807) is 31.3 Å². The van der Waals surface area contributed by atoms with Crippen LogP contribution in [0.15, 0.2) is 64.5 Å². The normalized spacial score (nSPS) is 12.0. The van der Waals surface area contributed by atoms with Crippen LogP contribution in [0.4, 0.5) is 0 Å². The van der Waals surface area contributed by atoms with Crippen LogP contribution in [0.3, 0.4) is 0 Å². The van der Waals surface area contributed by atoms with E-state index in [4.69, 9.17) is 11.6 Å². The lowest BCUT2D eigenvalue weighted by Crippen LogP contribution is -2.31. The summed E-state index contributed by atoms with van der Waals surface area (Å²) >= 11 is 5.90. The van der Waals surface area contributed by atoms with Crippen LogP contribution in [0, 0.1) is 0 Å². The lowest BCUT2D eigenvalue weighted by molar-refractivity contribution is 0.0977. The topological polar surface area (TPSA) is 115 Å². The van der Waals surface area contributed by atoms with Gasteiger partial charge in [0.2, 0.25) is 0 Å². The second-order valence-corrected chi connectivity index (χ2v) is 10.2. The van der Waals surface area contributed by atoms with Crippen LogP contribution in [0.1, 0.15) is 10.5 Å². The van der Waals surface area contributed by atoms with Crippen molar-refractivity contribution in [2.24, 2.45) is 7.05 Å². The predicted octanol–water partition coefficient (Wildman–Crippen LogP) is 2.26. The van der Waals surface area contributed by atoms with Crippen molar-refractivity contribution in [3.05, 3.63) is 65.4 Å². The number of benzene rings is 2. The Morgan fingerprint density at radius 1 is 1.00 bits per heavy atom. The van der Waals surface area contributed by atoms with Crippen LogP contribution in [-0.2, 0) is 26.9 Å². The number of sulfone groups is 1. The number of aryl methyl sites for hydroxylation is 1. The lowest BCUT2D eigenvalue weighted by atomic mass is 10.2. The molecule has 0 saturated carbocycles. The van der Waals surface area contributed by atoms with Gasteiger partial charge in [-0.25, -0.2) is 26.5 Å². The predicted molar refractivity (Wildman–Crippen MR) is 108 cm³/mol. The Morgan fingerprint density at radius 3 is 2.21 bits per heavy atom. The maximum absolute atomic E-state index is 12.5. The Hall–Kier alpha value is -2.69. The highest BCUT2D eigenvalue weighted by molar-refractivity contribution is 7.91. The number of carbonyl (C=O) groups excluding carboxylic acids is 1. The van der Waals surface area contributed by atoms with Crippen LogP contribution >= 0.6 is 11.6 Å². The Labute approximate surface area is 173 Å². The Bertz CT molecular complexity index is 1310. The number of hydrogen-bond donors (Lipinski definition) is 1. The molecule has 0 bridgehead atoms. The van der Waals surface area contributed by atoms with E-state index in [2.05, 4.69) is 4.98 Å². The lowest BCUT2D eigenvalue weighted by Gasteiger charge is -2.07. The molecule has 0 aliphatic rings. The first-order valence-corrected chi connectivity index (χ1v) is 11.9. The summed E-state index contributed by atoms with van der Waals surface area (Å²) in [6.45, 7) is 0. The van der Waals surface area contributed by atoms with Gasteiger partial charge in [-0.15, -0.1) is 0 Å². The van der Waals surface area contributed by atoms with Crippen molar-refractivity contribution < 1.29 is 21.6 Å². The van der Waals surface area contributed by atoms with E-state index in [9.17, 15) is 21.6 Å². The van der Waals surface area contributed by atoms with Gasteiger partial charge in [0.05, 0.1) is 9.92 Å². The van der Waals surface area contributed by atoms with Crippen molar-refractivity contribution in [2.45, 2.75) is 9.79 Å². The molecule has 8 nitrogen and oxygen atoms in total. The summed E-state index contributed by atoms with van der Waals surface area (Å²) in [5, 5.41) is -0.0309. The molecule has 3 aromatic rings. The third kappa shape index (κ3) is 4.34. The van der Waals surface area contributed by atoms with E-state index >= 15 is 0 Å². The molecule has 1 aromatic heterocycles. The smallest absolute Gasteiger partial charge is 0.285 e. The van der Waals surface area contributed by atoms with Gasteiger partial charge < -0.3 is 4.57 Å². The molecule has 0 unspecified atom stereocenters. The molecule has 152 valence electrons. The van der Waals surface area contributed by atoms with Gasteiger partial charge in [-0.3, -0.25) is 4.79 Å². The van der Waals surface area contributed by atoms with Gasteiger partial charge in [-0.1, -0.05) is 35.9 Å². The van der Waals surface area contributed by atoms with Crippen molar-refractivity contribution >= 4 is 37.4 Å². The minimum atomic E-state index is -4.21. The molecule has 0 spiro atoms. The van der Waals surface area contributed by atoms with Gasteiger partial charge in [0.1, 0.15) is 16.4 Å². The highest BCUT2D eigenvalue weighted by Gasteiger charge is 2.24. The first-order valence-electron chi connectivity index (χ1n) is 8.15. The van der Waals surface area contributed by atoms with E-state index in [0.717, 1.165) is 6.26 Å². The number of halogens is 1. The van der Waals surface area contributed by atoms with Crippen molar-refractivity contribution in [3.63, 3.8) is 0 Å². The number of hydrogen-bond acceptors (Lipinski definition) is 6. The zero-order valence-corrected chi connectivity index (χ0v) is 17.7. The quantitative estimate of drug-likeness (QED) is 0.633. The second-order valence-electron chi connectivity index (χ2n) is 6.19. The zero-order chi connectivity index (χ0) is 21.4. The summed E-state index contributed by atoms with van der Waals surface area (Å²) in [5.74, 6) is -0.769. The van der Waals surface area contributed by atoms with E-state index in [0.29, 0.717) is 5.56 Å². The molecule has 1 N–H and O–H groups in total. The number of amides is 1. The number of carbonyl (C=O) groups is 1. The van der Waals surface area contributed by atoms with Gasteiger partial charge in [0.25, 0.3) is 15.9 Å². The van der Waals surface area contributed by atoms with Crippen molar-refractivity contribution in [2.75, 3.05) is 6.26 Å². The van der Waals surface area contributed by atoms with Gasteiger partial charge in [0, 0.05) is 25.1 Å². The third-order valence-electron chi connectivity index (χ3n) is 3.99. The fourth-order valence-corrected chi connectivity index (χ4v) is 5.06. The fraction of sp³-hybridized carbons (Fsp3) is 0.111. The molecule has 0 aliphatic heterocycles. The summed E-state index contributed by atoms with van der Waals surface area (Å²) in [6, 6.07) is 11.9. The van der Waals surface area contributed by atoms with E-state index in [-0.39, 0.29) is 26.3 Å². The summed E-state index contributed by atoms with van der Waals surface area (Å²) in [7, 11) is -6.19. The first-order chi connectivity index (χ1) is 13.5. The van der Waals surface area contributed by atoms with E-state index < -0.39 is 25.8 Å². The Balaban J connectivity index is 1.98. The standard InChI is InChI=1S/C18H16ClN3O5S2/c1-22-11-14(18(23)21-29(26,27)16-10-6-4-8-13(16)19)20-17(22)12-7-3-5-9-15(12)28(2,24)25/h3-11H,1-2H3,(H,21,23). The molecule has 2 aromatic carbocycles. The largest absolute Gasteiger partial charge is 0.333 e. The van der Waals surface area contributed by atoms with Gasteiger partial charge in [-0.05, 0) is 24.3 Å². The molecule has 3 rings (SSSR count). The molecular formula is C18H16ClN3O5S2. The number of aromatic nitrogens is 2. The second kappa shape index (κ2) is 7.62. The van der Waals surface area contributed by atoms with Crippen molar-refractivity contribution in [1.82, 2.24) is 14.3 Å². The zero-order valence-electron chi connectivity index (χ0n) is 15.3. The molecule has 0 aliphatic carbocycles. The van der Waals surface area contributed by atoms with Crippen LogP contribution in [0.5, 0.6) is 0 Å². The summed E-state index contributed by atoms with van der Waals surface area (Å²) in [5.41, 5.74) is 0.104. The number of rotatable bonds is 5. The summed E-state index contributed by atoms with van der Waals surface area (Å²) in [4.78, 5) is 16.4. The average Bonchev–Trinajstić information content (AvgIpc) is 3.03. The maximum Gasteiger partial charge on any atom is 0.285 e. The summed E-state index contributed by atoms with van der Waals surface area (Å²) in [6.07, 6.45) is 2.38. The molecule has 0 atom stereocenters. The molecule has 0 fully saturated rings. The number of nitrogens with one attached hydrogen (secondary N) is 1. The minimum Gasteiger partial charge on any atom is -0.333 e. The van der Waals surface area contributed by atoms with Crippen LogP contribution < -0.4 is 4.72 Å². The van der Waals surface area contributed by atoms with Crippen LogP contribution in [-0.4, -0.2) is 38.5 Å². The molecule has 1 amide bonds. The molecule has 11 heteroatoms. The SMILES string of the molecule is Cn1cc(C(=O)NS(=O)(=O)c2ccccc2Cl)nc1-c1ccccc1S(C)(=O)=O. The summed E-state index contributed by atoms with van der Waals surface area (Å²) < 4.78 is 52.4. The van der Waals surface area contributed by atoms with Crippen LogP contribution in [0.25, 0.3) is 11.4 Å². The third-order valence-corrected chi connectivity index (χ3v) is 6.98. The van der Waals surface area contributed by atoms with Crippen LogP contribution in [0.2, 0.25) is 5.02 Å². The van der Waals surface area contributed by atoms with E-state index in [1.807, 2.05) is 4.72 Å². The average molecular weight is 454 g/mol. The minimum absolute atomic E-state index is 0.0309. The molecule has 0 radical (unpaired) electrons. The fourth-order valence-electron chi connectivity index (χ4n) is 2.69. The molecular weight excluding hydrogens is 438 g/mol. The maximum atomic E-state index is 12.5.